The van der Waals surface area contributed by atoms with E-state index < -0.39 is 85.0 Å². The van der Waals surface area contributed by atoms with Crippen molar-refractivity contribution in [1.29, 1.82) is 0 Å². The molecule has 1 saturated heterocycles. The van der Waals surface area contributed by atoms with Gasteiger partial charge < -0.3 is 32.1 Å². The fraction of sp³-hybridized carbons (Fsp3) is 0.333. The molecule has 7 rings (SSSR count). The van der Waals surface area contributed by atoms with E-state index in [9.17, 15) is 62.1 Å². The van der Waals surface area contributed by atoms with Gasteiger partial charge in [0.1, 0.15) is 54.0 Å². The molecule has 0 N–H and O–H groups in total. The zero-order chi connectivity index (χ0) is 49.9. The zero-order valence-corrected chi connectivity index (χ0v) is 52.8. The summed E-state index contributed by atoms with van der Waals surface area (Å²) in [5.74, 6) is -2.27. The minimum absolute atomic E-state index is 0. The first kappa shape index (κ1) is 62.8. The van der Waals surface area contributed by atoms with Crippen molar-refractivity contribution in [1.82, 2.24) is 5.06 Å². The van der Waals surface area contributed by atoms with E-state index in [0.717, 1.165) is 17.8 Å². The Hall–Kier alpha value is -0.751. The summed E-state index contributed by atoms with van der Waals surface area (Å²) in [4.78, 5) is 40.8. The van der Waals surface area contributed by atoms with Crippen LogP contribution in [0.3, 0.4) is 0 Å². The van der Waals surface area contributed by atoms with E-state index in [-0.39, 0.29) is 195 Å². The molecule has 0 aliphatic carbocycles. The van der Waals surface area contributed by atoms with Gasteiger partial charge in [-0.15, -0.1) is 5.06 Å². The molecule has 1 unspecified atom stereocenters. The Morgan fingerprint density at radius 3 is 1.92 bits per heavy atom. The van der Waals surface area contributed by atoms with Crippen LogP contribution in [0, 0.1) is 0 Å². The smallest absolute Gasteiger partial charge is 0.744 e. The summed E-state index contributed by atoms with van der Waals surface area (Å²) >= 11 is -3.08. The van der Waals surface area contributed by atoms with Crippen LogP contribution in [0.2, 0.25) is 0 Å². The Morgan fingerprint density at radius 2 is 1.34 bits per heavy atom. The molecule has 0 saturated carbocycles. The number of allylic oxidation sites excluding steroid dienone is 6. The van der Waals surface area contributed by atoms with Gasteiger partial charge in [-0.25, -0.2) is 34.3 Å². The van der Waals surface area contributed by atoms with Crippen molar-refractivity contribution in [2.45, 2.75) is 98.7 Å². The van der Waals surface area contributed by atoms with E-state index in [0.29, 0.717) is 77.1 Å². The molecule has 0 bridgehead atoms. The van der Waals surface area contributed by atoms with Crippen LogP contribution in [0.25, 0.3) is 21.5 Å². The molecule has 3 aliphatic heterocycles. The largest absolute Gasteiger partial charge is 1.00 e. The van der Waals surface area contributed by atoms with E-state index in [2.05, 4.69) is 0 Å². The second-order valence-corrected chi connectivity index (χ2v) is 22.0. The van der Waals surface area contributed by atoms with Gasteiger partial charge in [0, 0.05) is 77.5 Å². The molecule has 4 aromatic rings. The molecule has 19 nitrogen and oxygen atoms in total. The number of hydroxylamine groups is 2. The van der Waals surface area contributed by atoms with Crippen LogP contribution < -0.4 is 163 Å². The van der Waals surface area contributed by atoms with Gasteiger partial charge in [0.15, 0.2) is 5.71 Å². The molecule has 0 spiro atoms. The first-order valence-corrected chi connectivity index (χ1v) is 26.3. The first-order chi connectivity index (χ1) is 31.7. The van der Waals surface area contributed by atoms with Crippen molar-refractivity contribution in [2.75, 3.05) is 18.0 Å². The van der Waals surface area contributed by atoms with E-state index in [1.54, 1.807) is 42.5 Å². The van der Waals surface area contributed by atoms with Crippen LogP contribution in [0.15, 0.2) is 99.3 Å². The number of nitrogens with zero attached hydrogens (tertiary/aromatic N) is 3. The number of rotatable bonds is 16. The molecule has 4 aromatic carbocycles. The summed E-state index contributed by atoms with van der Waals surface area (Å²) < 4.78 is 141. The number of amides is 2. The van der Waals surface area contributed by atoms with Gasteiger partial charge in [0.2, 0.25) is 5.69 Å². The molecule has 3 aliphatic rings. The molecular weight excluding hydrogens is 1080 g/mol. The van der Waals surface area contributed by atoms with Gasteiger partial charge in [0.05, 0.1) is 20.1 Å². The molecule has 26 heteroatoms. The normalized spacial score (nSPS) is 17.5. The third kappa shape index (κ3) is 13.2. The third-order valence-corrected chi connectivity index (χ3v) is 15.1. The maximum Gasteiger partial charge on any atom is 1.00 e. The summed E-state index contributed by atoms with van der Waals surface area (Å²) in [6, 6.07) is 10.0. The van der Waals surface area contributed by atoms with Gasteiger partial charge in [0.25, 0.3) is 11.8 Å². The van der Waals surface area contributed by atoms with E-state index in [1.165, 1.54) is 12.1 Å². The number of unbranched alkanes of at least 4 members (excludes halogenated alkanes) is 2. The number of anilines is 1. The maximum absolute atomic E-state index is 12.5. The molecule has 3 heterocycles. The quantitative estimate of drug-likeness (QED) is 0.0198. The van der Waals surface area contributed by atoms with Gasteiger partial charge in [-0.05, 0) is 98.5 Å². The van der Waals surface area contributed by atoms with E-state index >= 15 is 0 Å². The van der Waals surface area contributed by atoms with Crippen molar-refractivity contribution in [3.8, 4) is 5.75 Å². The number of carbonyl (C=O) groups is 3. The predicted octanol–water partition coefficient (Wildman–Crippen LogP) is -3.75. The van der Waals surface area contributed by atoms with Gasteiger partial charge in [-0.1, -0.05) is 32.1 Å². The number of hydrogen-bond donors (Lipinski definition) is 0. The Labute approximate surface area is 541 Å². The molecule has 1 atom stereocenters. The summed E-state index contributed by atoms with van der Waals surface area (Å²) in [5, 5.41) is 1.04. The average molecular weight is 1130 g/mol. The fourth-order valence-corrected chi connectivity index (χ4v) is 11.5. The van der Waals surface area contributed by atoms with Crippen LogP contribution in [-0.2, 0) is 71.8 Å². The number of benzene rings is 4. The monoisotopic (exact) mass is 1130 g/mol. The van der Waals surface area contributed by atoms with Crippen LogP contribution in [-0.4, -0.2) is 93.9 Å². The molecule has 71 heavy (non-hydrogen) atoms. The molecule has 362 valence electrons. The van der Waals surface area contributed by atoms with Gasteiger partial charge in [-0.3, -0.25) is 9.59 Å². The Bertz CT molecular complexity index is 3340. The van der Waals surface area contributed by atoms with Gasteiger partial charge >= 0.3 is 160 Å². The van der Waals surface area contributed by atoms with Gasteiger partial charge in [-0.2, -0.15) is 4.58 Å². The van der Waals surface area contributed by atoms with Crippen LogP contribution >= 0.6 is 0 Å². The molecule has 1 fully saturated rings. The van der Waals surface area contributed by atoms with Crippen LogP contribution in [0.4, 0.5) is 11.4 Å². The maximum atomic E-state index is 12.5. The first-order valence-electron chi connectivity index (χ1n) is 21.1. The summed E-state index contributed by atoms with van der Waals surface area (Å²) in [6.07, 6.45) is 9.99. The number of likely N-dealkylation sites (N-methyl/N-ethyl adjacent to an activating group) is 1. The van der Waals surface area contributed by atoms with Crippen molar-refractivity contribution in [3.63, 3.8) is 0 Å². The number of hydrogen-bond acceptors (Lipinski definition) is 17. The van der Waals surface area contributed by atoms with Crippen molar-refractivity contribution in [2.24, 2.45) is 0 Å². The SMILES string of the molecule is CCN1/C(=C/C=C/C=C/C2=[N+](CCCCCC(=O)ON3C(=O)CCC3=O)c3ccc4c(S(=O)(=O)[O-])cc(S(=O)(=O)[O-])cc4c3C2(C)C)C(C)(C)c2c1ccc1c(OS(=O)[O-])cc(S(=O)(=O)[O-])cc21.[K+].[K+].[K+]. The molecule has 2 amide bonds. The second kappa shape index (κ2) is 24.3. The van der Waals surface area contributed by atoms with E-state index in [4.69, 9.17) is 9.02 Å². The molecular formula is C45H44K3N3O16S4. The van der Waals surface area contributed by atoms with Crippen LogP contribution in [0.5, 0.6) is 5.75 Å². The predicted molar refractivity (Wildman–Crippen MR) is 242 cm³/mol. The minimum atomic E-state index is -5.27. The number of fused-ring (bicyclic) bond motifs is 6. The van der Waals surface area contributed by atoms with Crippen molar-refractivity contribution >= 4 is 98.1 Å². The Kier molecular flexibility index (Phi) is 21.5. The minimum Gasteiger partial charge on any atom is -0.744 e. The fourth-order valence-electron chi connectivity index (χ4n) is 9.38. The topological polar surface area (TPSA) is 291 Å². The number of imide groups is 1. The Balaban J connectivity index is 0.00000365. The Morgan fingerprint density at radius 1 is 0.746 bits per heavy atom. The molecule has 0 aromatic heterocycles. The summed E-state index contributed by atoms with van der Waals surface area (Å²) in [5.41, 5.74) is 1.85. The second-order valence-electron chi connectivity index (χ2n) is 17.3. The zero-order valence-electron chi connectivity index (χ0n) is 40.2. The summed E-state index contributed by atoms with van der Waals surface area (Å²) in [7, 11) is -15.5. The average Bonchev–Trinajstić information content (AvgIpc) is 3.76. The van der Waals surface area contributed by atoms with Crippen LogP contribution in [0.1, 0.15) is 84.3 Å². The third-order valence-electron chi connectivity index (χ3n) is 12.3. The molecule has 0 radical (unpaired) electrons. The van der Waals surface area contributed by atoms with Crippen molar-refractivity contribution in [3.05, 3.63) is 95.7 Å². The number of carbonyl (C=O) groups excluding carboxylic acids is 3. The van der Waals surface area contributed by atoms with E-state index in [1.807, 2.05) is 50.2 Å². The van der Waals surface area contributed by atoms with Crippen molar-refractivity contribution < 1.29 is 230 Å². The summed E-state index contributed by atoms with van der Waals surface area (Å²) in [6.45, 7) is 10.1. The standard InChI is InChI=1S/C45H47N3O16S4.3K/c1-6-46-33-18-16-29-31(23-27(66(54,55)56)25-35(29)64-65(52)53)42(33)44(2,3)37(46)13-9-7-10-14-38-45(4,5)43-32-24-28(67(57,58)59)26-36(68(60,61)62)30(32)17-19-34(43)47(38)22-12-8-11-15-41(51)63-48-39(49)20-21-40(48)50;;;/h7,9-10,13-14,16-19,23-26H,6,8,11-12,15,20-22H2,1-5H3,(H3-,52,53,54,55,56,57,58,59,60,61,62);;;/q;3*+1/p-3.